The molecule has 0 heterocycles. The van der Waals surface area contributed by atoms with Crippen molar-refractivity contribution >= 4 is 5.78 Å². The van der Waals surface area contributed by atoms with Crippen molar-refractivity contribution in [3.05, 3.63) is 24.3 Å². The number of aliphatic hydroxyl groups excluding tert-OH is 1. The summed E-state index contributed by atoms with van der Waals surface area (Å²) in [6.45, 7) is 8.78. The molecule has 3 saturated carbocycles. The molecule has 7 atom stereocenters. The Morgan fingerprint density at radius 2 is 2.04 bits per heavy atom. The molecule has 132 valence electrons. The molecule has 0 unspecified atom stereocenters. The predicted molar refractivity (Wildman–Crippen MR) is 96.4 cm³/mol. The zero-order valence-corrected chi connectivity index (χ0v) is 15.3. The molecule has 2 heteroatoms. The Hall–Kier alpha value is -0.890. The zero-order chi connectivity index (χ0) is 17.1. The van der Waals surface area contributed by atoms with Gasteiger partial charge in [-0.15, -0.1) is 6.58 Å². The standard InChI is InChI=1S/C22H32O2/c1-4-5-14-12-15-13-16(23)8-10-21(15,2)18-9-11-22(3)17(20(14)18)6-7-19(22)24/h4,13-14,17-20,24H,1,5-12H2,2-3H3/t14-,17+,18+,19+,20+,21+,22+/m1/s1. The number of hydrogen-bond acceptors (Lipinski definition) is 2. The fraction of sp³-hybridized carbons (Fsp3) is 0.773. The summed E-state index contributed by atoms with van der Waals surface area (Å²) in [5, 5.41) is 10.6. The molecule has 0 radical (unpaired) electrons. The molecular formula is C22H32O2. The summed E-state index contributed by atoms with van der Waals surface area (Å²) in [7, 11) is 0. The van der Waals surface area contributed by atoms with Crippen LogP contribution in [-0.4, -0.2) is 17.0 Å². The topological polar surface area (TPSA) is 37.3 Å². The Bertz CT molecular complexity index is 591. The highest BCUT2D eigenvalue weighted by Gasteiger charge is 2.60. The average molecular weight is 328 g/mol. The van der Waals surface area contributed by atoms with E-state index in [0.29, 0.717) is 29.5 Å². The first-order chi connectivity index (χ1) is 11.4. The molecule has 0 aliphatic heterocycles. The molecule has 0 aromatic carbocycles. The Kier molecular flexibility index (Phi) is 3.84. The van der Waals surface area contributed by atoms with Gasteiger partial charge in [0, 0.05) is 6.42 Å². The van der Waals surface area contributed by atoms with Gasteiger partial charge in [0.05, 0.1) is 6.10 Å². The second-order valence-corrected chi connectivity index (χ2v) is 9.47. The molecule has 2 nitrogen and oxygen atoms in total. The minimum absolute atomic E-state index is 0.114. The minimum Gasteiger partial charge on any atom is -0.393 e. The summed E-state index contributed by atoms with van der Waals surface area (Å²) >= 11 is 0. The first kappa shape index (κ1) is 16.6. The Labute approximate surface area is 146 Å². The lowest BCUT2D eigenvalue weighted by Crippen LogP contribution is -2.54. The van der Waals surface area contributed by atoms with Crippen LogP contribution in [0.15, 0.2) is 24.3 Å². The van der Waals surface area contributed by atoms with E-state index >= 15 is 0 Å². The van der Waals surface area contributed by atoms with Gasteiger partial charge < -0.3 is 5.11 Å². The number of fused-ring (bicyclic) bond motifs is 5. The largest absolute Gasteiger partial charge is 0.393 e. The Morgan fingerprint density at radius 1 is 1.25 bits per heavy atom. The van der Waals surface area contributed by atoms with Crippen molar-refractivity contribution in [2.75, 3.05) is 0 Å². The summed E-state index contributed by atoms with van der Waals surface area (Å²) in [5.41, 5.74) is 1.75. The van der Waals surface area contributed by atoms with Crippen LogP contribution in [-0.2, 0) is 4.79 Å². The highest BCUT2D eigenvalue weighted by molar-refractivity contribution is 5.91. The molecule has 0 spiro atoms. The van der Waals surface area contributed by atoms with Gasteiger partial charge in [-0.2, -0.15) is 0 Å². The Balaban J connectivity index is 1.76. The minimum atomic E-state index is -0.120. The maximum atomic E-state index is 12.0. The number of allylic oxidation sites excluding steroid dienone is 2. The molecule has 0 saturated heterocycles. The molecule has 24 heavy (non-hydrogen) atoms. The lowest BCUT2D eigenvalue weighted by atomic mass is 9.44. The van der Waals surface area contributed by atoms with Gasteiger partial charge in [0.15, 0.2) is 5.78 Å². The number of ketones is 1. The average Bonchev–Trinajstić information content (AvgIpc) is 2.85. The zero-order valence-electron chi connectivity index (χ0n) is 15.3. The maximum absolute atomic E-state index is 12.0. The molecule has 4 rings (SSSR count). The molecule has 0 bridgehead atoms. The molecule has 0 aromatic rings. The van der Waals surface area contributed by atoms with Crippen LogP contribution in [0.5, 0.6) is 0 Å². The lowest BCUT2D eigenvalue weighted by molar-refractivity contribution is -0.119. The fourth-order valence-corrected chi connectivity index (χ4v) is 7.13. The predicted octanol–water partition coefficient (Wildman–Crippen LogP) is 4.68. The van der Waals surface area contributed by atoms with Crippen molar-refractivity contribution in [1.29, 1.82) is 0 Å². The van der Waals surface area contributed by atoms with Crippen molar-refractivity contribution in [2.45, 2.75) is 71.3 Å². The van der Waals surface area contributed by atoms with Crippen LogP contribution in [0.3, 0.4) is 0 Å². The highest BCUT2D eigenvalue weighted by atomic mass is 16.3. The summed E-state index contributed by atoms with van der Waals surface area (Å²) in [5.74, 6) is 2.95. The number of aliphatic hydroxyl groups is 1. The van der Waals surface area contributed by atoms with E-state index in [0.717, 1.165) is 38.5 Å². The van der Waals surface area contributed by atoms with Gasteiger partial charge in [0.2, 0.25) is 0 Å². The first-order valence-corrected chi connectivity index (χ1v) is 9.93. The molecule has 4 aliphatic carbocycles. The lowest BCUT2D eigenvalue weighted by Gasteiger charge is -2.60. The van der Waals surface area contributed by atoms with Gasteiger partial charge in [-0.05, 0) is 85.5 Å². The van der Waals surface area contributed by atoms with Crippen molar-refractivity contribution in [1.82, 2.24) is 0 Å². The number of rotatable bonds is 2. The van der Waals surface area contributed by atoms with E-state index < -0.39 is 0 Å². The summed E-state index contributed by atoms with van der Waals surface area (Å²) in [6, 6.07) is 0. The van der Waals surface area contributed by atoms with Crippen LogP contribution in [0.4, 0.5) is 0 Å². The molecule has 0 aromatic heterocycles. The second-order valence-electron chi connectivity index (χ2n) is 9.47. The van der Waals surface area contributed by atoms with Crippen LogP contribution in [0, 0.1) is 34.5 Å². The molecule has 1 N–H and O–H groups in total. The van der Waals surface area contributed by atoms with E-state index in [9.17, 15) is 9.90 Å². The smallest absolute Gasteiger partial charge is 0.155 e. The first-order valence-electron chi connectivity index (χ1n) is 9.93. The van der Waals surface area contributed by atoms with Crippen LogP contribution in [0.1, 0.15) is 65.2 Å². The normalized spacial score (nSPS) is 50.5. The van der Waals surface area contributed by atoms with Crippen LogP contribution in [0.2, 0.25) is 0 Å². The molecule has 0 amide bonds. The fourth-order valence-electron chi connectivity index (χ4n) is 7.13. The van der Waals surface area contributed by atoms with E-state index in [2.05, 4.69) is 26.5 Å². The van der Waals surface area contributed by atoms with Crippen LogP contribution < -0.4 is 0 Å². The summed E-state index contributed by atoms with van der Waals surface area (Å²) in [6.07, 6.45) is 12.3. The number of carbonyl (C=O) groups is 1. The molecule has 4 aliphatic rings. The second kappa shape index (κ2) is 5.56. The Morgan fingerprint density at radius 3 is 2.79 bits per heavy atom. The summed E-state index contributed by atoms with van der Waals surface area (Å²) in [4.78, 5) is 12.0. The van der Waals surface area contributed by atoms with E-state index in [4.69, 9.17) is 0 Å². The quantitative estimate of drug-likeness (QED) is 0.747. The molecule has 3 fully saturated rings. The van der Waals surface area contributed by atoms with Gasteiger partial charge in [-0.3, -0.25) is 4.79 Å². The summed E-state index contributed by atoms with van der Waals surface area (Å²) < 4.78 is 0. The molecular weight excluding hydrogens is 296 g/mol. The maximum Gasteiger partial charge on any atom is 0.155 e. The van der Waals surface area contributed by atoms with Crippen LogP contribution >= 0.6 is 0 Å². The van der Waals surface area contributed by atoms with E-state index in [-0.39, 0.29) is 16.9 Å². The number of carbonyl (C=O) groups excluding carboxylic acids is 1. The van der Waals surface area contributed by atoms with Crippen LogP contribution in [0.25, 0.3) is 0 Å². The SMILES string of the molecule is C=CC[C@@H]1CC2=CC(=O)CC[C@]2(C)[C@H]2CC[C@]3(C)[C@@H](O)CC[C@H]3[C@H]12. The van der Waals surface area contributed by atoms with Gasteiger partial charge in [-0.1, -0.05) is 25.5 Å². The van der Waals surface area contributed by atoms with Gasteiger partial charge >= 0.3 is 0 Å². The van der Waals surface area contributed by atoms with Gasteiger partial charge in [0.25, 0.3) is 0 Å². The van der Waals surface area contributed by atoms with E-state index in [1.807, 2.05) is 6.08 Å². The van der Waals surface area contributed by atoms with E-state index in [1.165, 1.54) is 18.4 Å². The van der Waals surface area contributed by atoms with Crippen molar-refractivity contribution in [3.63, 3.8) is 0 Å². The van der Waals surface area contributed by atoms with Crippen molar-refractivity contribution < 1.29 is 9.90 Å². The van der Waals surface area contributed by atoms with Gasteiger partial charge in [-0.25, -0.2) is 0 Å². The van der Waals surface area contributed by atoms with Crippen molar-refractivity contribution in [3.8, 4) is 0 Å². The third kappa shape index (κ3) is 2.14. The van der Waals surface area contributed by atoms with Crippen molar-refractivity contribution in [2.24, 2.45) is 34.5 Å². The third-order valence-electron chi connectivity index (χ3n) is 8.56. The monoisotopic (exact) mass is 328 g/mol. The van der Waals surface area contributed by atoms with Gasteiger partial charge in [0.1, 0.15) is 0 Å². The third-order valence-corrected chi connectivity index (χ3v) is 8.56. The number of hydrogen-bond donors (Lipinski definition) is 1. The van der Waals surface area contributed by atoms with E-state index in [1.54, 1.807) is 0 Å². The highest BCUT2D eigenvalue weighted by Crippen LogP contribution is 2.66.